The Bertz CT molecular complexity index is 954. The molecule has 4 N–H and O–H groups in total. The number of benzene rings is 1. The second-order valence-corrected chi connectivity index (χ2v) is 8.75. The first-order valence-electron chi connectivity index (χ1n) is 9.96. The normalized spacial score (nSPS) is 12.8. The number of guanidine groups is 1. The molecule has 0 aliphatic carbocycles. The Kier molecular flexibility index (Phi) is 10.8. The Balaban J connectivity index is 2.85. The Morgan fingerprint density at radius 3 is 2.50 bits per heavy atom. The molecule has 1 atom stereocenters. The molecule has 0 radical (unpaired) electrons. The summed E-state index contributed by atoms with van der Waals surface area (Å²) in [6.45, 7) is 5.34. The molecule has 0 aliphatic rings. The predicted octanol–water partition coefficient (Wildman–Crippen LogP) is -0.0211. The summed E-state index contributed by atoms with van der Waals surface area (Å²) in [5.74, 6) is 0.00911. The quantitative estimate of drug-likeness (QED) is 0.127. The van der Waals surface area contributed by atoms with Crippen LogP contribution in [0.3, 0.4) is 0 Å². The molecule has 0 saturated heterocycles. The molecule has 0 heterocycles. The van der Waals surface area contributed by atoms with Crippen LogP contribution in [0.5, 0.6) is 5.75 Å². The zero-order valence-electron chi connectivity index (χ0n) is 19.4. The fourth-order valence-electron chi connectivity index (χ4n) is 3.18. The Hall–Kier alpha value is -2.51. The fourth-order valence-corrected chi connectivity index (χ4v) is 4.66. The van der Waals surface area contributed by atoms with Crippen molar-refractivity contribution in [2.75, 3.05) is 34.3 Å². The molecule has 0 bridgehead atoms. The number of hydrogen-bond donors (Lipinski definition) is 3. The van der Waals surface area contributed by atoms with Crippen LogP contribution < -0.4 is 20.5 Å². The molecule has 1 aromatic carbocycles. The number of hydroxylamine groups is 2. The molecule has 178 valence electrons. The van der Waals surface area contributed by atoms with Gasteiger partial charge < -0.3 is 4.74 Å². The van der Waals surface area contributed by atoms with Gasteiger partial charge in [0, 0.05) is 0 Å². The zero-order valence-corrected chi connectivity index (χ0v) is 20.2. The van der Waals surface area contributed by atoms with E-state index in [1.54, 1.807) is 26.8 Å². The third-order valence-corrected chi connectivity index (χ3v) is 6.61. The molecule has 1 unspecified atom stereocenters. The average molecular weight is 469 g/mol. The van der Waals surface area contributed by atoms with Crippen molar-refractivity contribution in [2.45, 2.75) is 44.6 Å². The second kappa shape index (κ2) is 12.5. The van der Waals surface area contributed by atoms with Gasteiger partial charge in [0.1, 0.15) is 5.75 Å². The minimum atomic E-state index is -3.95. The molecule has 0 aliphatic heterocycles. The summed E-state index contributed by atoms with van der Waals surface area (Å²) in [5, 5.41) is 3.88. The molecule has 0 spiro atoms. The molecule has 0 fully saturated rings. The van der Waals surface area contributed by atoms with Crippen molar-refractivity contribution in [3.05, 3.63) is 22.8 Å². The number of carbonyl (C=O) groups excluding carboxylic acids is 1. The number of rotatable bonds is 12. The van der Waals surface area contributed by atoms with Gasteiger partial charge in [0.05, 0.1) is 7.11 Å². The number of nitrogens with zero attached hydrogens (tertiary/aromatic N) is 2. The van der Waals surface area contributed by atoms with Crippen molar-refractivity contribution in [1.82, 2.24) is 15.1 Å². The monoisotopic (exact) mass is 469 g/mol. The van der Waals surface area contributed by atoms with E-state index in [1.165, 1.54) is 21.3 Å². The molecule has 1 aromatic rings. The number of methoxy groups -OCH3 is 1. The summed E-state index contributed by atoms with van der Waals surface area (Å²) in [4.78, 5) is 21.3. The van der Waals surface area contributed by atoms with Crippen molar-refractivity contribution in [1.29, 1.82) is 0 Å². The van der Waals surface area contributed by atoms with E-state index in [4.69, 9.17) is 15.3 Å². The molecular formula is C19H32BN5O6S. The summed E-state index contributed by atoms with van der Waals surface area (Å²) < 4.78 is 43.9. The molecule has 1 amide bonds. The molecule has 1 rings (SSSR count). The molecule has 32 heavy (non-hydrogen) atoms. The SMILES string of the molecule is COc1cc(C)c(S(=O)(=O)NC(N)=NCCCC(NCB=O)C(=O)N(C)OC)c(C)c1C. The number of aliphatic imine (C=N–C) groups is 1. The summed E-state index contributed by atoms with van der Waals surface area (Å²) >= 11 is 0. The van der Waals surface area contributed by atoms with Crippen LogP contribution in [0.2, 0.25) is 0 Å². The van der Waals surface area contributed by atoms with Gasteiger partial charge in [0.25, 0.3) is 0 Å². The Labute approximate surface area is 190 Å². The summed E-state index contributed by atoms with van der Waals surface area (Å²) in [6, 6.07) is 1.01. The topological polar surface area (TPSA) is 152 Å². The zero-order chi connectivity index (χ0) is 24.5. The van der Waals surface area contributed by atoms with Crippen molar-refractivity contribution in [3.8, 4) is 5.75 Å². The van der Waals surface area contributed by atoms with Crippen molar-refractivity contribution in [3.63, 3.8) is 0 Å². The van der Waals surface area contributed by atoms with Crippen LogP contribution in [0.25, 0.3) is 0 Å². The number of sulfonamides is 1. The van der Waals surface area contributed by atoms with Gasteiger partial charge in [-0.2, -0.15) is 0 Å². The van der Waals surface area contributed by atoms with Gasteiger partial charge >= 0.3 is 140 Å². The van der Waals surface area contributed by atoms with Crippen LogP contribution in [0.15, 0.2) is 16.0 Å². The number of amides is 1. The number of nitrogens with one attached hydrogen (secondary N) is 2. The molecule has 11 nitrogen and oxygen atoms in total. The standard InChI is InChI=1S/C19H32BN5O6S/c1-12-10-16(30-5)13(2)14(3)17(12)32(28,29)24-19(21)22-9-7-8-15(23-11-20-27)18(26)25(4)31-6/h10,15,23H,7-9,11H2,1-6H3,(H3,21,22,24). The third-order valence-electron chi connectivity index (χ3n) is 4.97. The van der Waals surface area contributed by atoms with Gasteiger partial charge in [-0.3, -0.25) is 0 Å². The van der Waals surface area contributed by atoms with E-state index in [0.717, 1.165) is 5.06 Å². The fraction of sp³-hybridized carbons (Fsp3) is 0.579. The van der Waals surface area contributed by atoms with Crippen LogP contribution in [-0.4, -0.2) is 72.8 Å². The summed E-state index contributed by atoms with van der Waals surface area (Å²) in [7, 11) is 1.06. The number of aryl methyl sites for hydroxylation is 1. The smallest absolute Gasteiger partial charge is 0.0380 e. The van der Waals surface area contributed by atoms with Gasteiger partial charge in [-0.25, -0.2) is 0 Å². The molecule has 0 saturated carbocycles. The van der Waals surface area contributed by atoms with E-state index in [9.17, 15) is 17.9 Å². The third kappa shape index (κ3) is 7.28. The van der Waals surface area contributed by atoms with Crippen LogP contribution in [0.4, 0.5) is 0 Å². The van der Waals surface area contributed by atoms with Gasteiger partial charge in [0.15, 0.2) is 0 Å². The van der Waals surface area contributed by atoms with E-state index < -0.39 is 16.1 Å². The van der Waals surface area contributed by atoms with Crippen LogP contribution in [0, 0.1) is 20.8 Å². The average Bonchev–Trinajstić information content (AvgIpc) is 2.74. The minimum absolute atomic E-state index is 0.0130. The maximum atomic E-state index is 12.9. The number of hydrogen-bond acceptors (Lipinski definition) is 8. The Morgan fingerprint density at radius 1 is 1.28 bits per heavy atom. The Morgan fingerprint density at radius 2 is 1.94 bits per heavy atom. The van der Waals surface area contributed by atoms with Crippen molar-refractivity contribution in [2.24, 2.45) is 10.7 Å². The number of carbonyl (C=O) groups is 1. The number of likely N-dealkylation sites (N-methyl/N-ethyl adjacent to an activating group) is 1. The van der Waals surface area contributed by atoms with E-state index in [0.29, 0.717) is 42.4 Å². The first kappa shape index (κ1) is 27.5. The number of ether oxygens (including phenoxy) is 1. The second-order valence-electron chi connectivity index (χ2n) is 7.14. The van der Waals surface area contributed by atoms with Gasteiger partial charge in [0.2, 0.25) is 0 Å². The summed E-state index contributed by atoms with van der Waals surface area (Å²) in [6.07, 6.45) is 0.779. The van der Waals surface area contributed by atoms with E-state index in [-0.39, 0.29) is 29.8 Å². The van der Waals surface area contributed by atoms with E-state index in [2.05, 4.69) is 15.0 Å². The van der Waals surface area contributed by atoms with Crippen molar-refractivity contribution >= 4 is 29.0 Å². The van der Waals surface area contributed by atoms with Gasteiger partial charge in [-0.05, 0) is 32.4 Å². The van der Waals surface area contributed by atoms with Crippen LogP contribution in [-0.2, 0) is 24.4 Å². The van der Waals surface area contributed by atoms with Crippen LogP contribution >= 0.6 is 0 Å². The van der Waals surface area contributed by atoms with E-state index >= 15 is 0 Å². The molecular weight excluding hydrogens is 437 g/mol. The van der Waals surface area contributed by atoms with Gasteiger partial charge in [-0.15, -0.1) is 0 Å². The number of nitrogens with two attached hydrogens (primary N) is 1. The van der Waals surface area contributed by atoms with Crippen molar-refractivity contribution < 1.29 is 27.5 Å². The predicted molar refractivity (Wildman–Crippen MR) is 121 cm³/mol. The maximum absolute atomic E-state index is 12.9. The van der Waals surface area contributed by atoms with Gasteiger partial charge in [-0.1, -0.05) is 0 Å². The first-order chi connectivity index (χ1) is 15.0. The van der Waals surface area contributed by atoms with E-state index in [1.807, 2.05) is 0 Å². The van der Waals surface area contributed by atoms with Crippen LogP contribution in [0.1, 0.15) is 29.5 Å². The molecule has 0 aromatic heterocycles. The summed E-state index contributed by atoms with van der Waals surface area (Å²) in [5.41, 5.74) is 7.60. The molecule has 13 heteroatoms. The minimum Gasteiger partial charge on any atom is -0.0380 e. The first-order valence-corrected chi connectivity index (χ1v) is 11.4.